The molecule has 98 valence electrons. The van der Waals surface area contributed by atoms with Crippen molar-refractivity contribution in [3.63, 3.8) is 0 Å². The summed E-state index contributed by atoms with van der Waals surface area (Å²) in [4.78, 5) is 0. The van der Waals surface area contributed by atoms with Crippen LogP contribution in [0.25, 0.3) is 0 Å². The molecule has 1 aromatic rings. The first kappa shape index (κ1) is 13.6. The molecule has 0 radical (unpaired) electrons. The lowest BCUT2D eigenvalue weighted by atomic mass is 9.78. The molecular weight excluding hydrogens is 225 g/mol. The molecule has 2 N–H and O–H groups in total. The zero-order valence-corrected chi connectivity index (χ0v) is 11.7. The molecule has 0 aromatic heterocycles. The average Bonchev–Trinajstić information content (AvgIpc) is 2.49. The Morgan fingerprint density at radius 1 is 1.11 bits per heavy atom. The molecule has 0 atom stereocenters. The van der Waals surface area contributed by atoms with E-state index in [0.717, 1.165) is 11.9 Å². The summed E-state index contributed by atoms with van der Waals surface area (Å²) in [6.07, 6.45) is 0.882. The molecular formula is C14H22BNO2. The summed E-state index contributed by atoms with van der Waals surface area (Å²) in [6, 6.07) is 8.28. The summed E-state index contributed by atoms with van der Waals surface area (Å²) in [7, 11) is -0.285. The fraction of sp³-hybridized carbons (Fsp3) is 0.571. The van der Waals surface area contributed by atoms with Gasteiger partial charge in [0.1, 0.15) is 0 Å². The zero-order valence-electron chi connectivity index (χ0n) is 11.7. The maximum atomic E-state index is 6.03. The number of benzene rings is 1. The largest absolute Gasteiger partial charge is 0.494 e. The monoisotopic (exact) mass is 247 g/mol. The van der Waals surface area contributed by atoms with Crippen molar-refractivity contribution in [2.24, 2.45) is 5.73 Å². The Morgan fingerprint density at radius 2 is 1.72 bits per heavy atom. The standard InChI is InChI=1S/C14H22BNO2/c1-13(2)14(3,4)18-15(17-13)12-7-5-6-11(10-12)8-9-16/h5-7,10H,8-9,16H2,1-4H3. The highest BCUT2D eigenvalue weighted by atomic mass is 16.7. The van der Waals surface area contributed by atoms with Crippen molar-refractivity contribution in [1.29, 1.82) is 0 Å². The molecule has 1 aliphatic rings. The van der Waals surface area contributed by atoms with Crippen LogP contribution in [0.1, 0.15) is 33.3 Å². The Kier molecular flexibility index (Phi) is 3.54. The minimum atomic E-state index is -0.290. The second-order valence-corrected chi connectivity index (χ2v) is 5.87. The Morgan fingerprint density at radius 3 is 2.28 bits per heavy atom. The number of hydrogen-bond donors (Lipinski definition) is 1. The van der Waals surface area contributed by atoms with Gasteiger partial charge in [-0.3, -0.25) is 0 Å². The first-order chi connectivity index (χ1) is 8.36. The fourth-order valence-electron chi connectivity index (χ4n) is 2.04. The topological polar surface area (TPSA) is 44.5 Å². The van der Waals surface area contributed by atoms with Crippen LogP contribution >= 0.6 is 0 Å². The van der Waals surface area contributed by atoms with E-state index in [0.29, 0.717) is 6.54 Å². The fourth-order valence-corrected chi connectivity index (χ4v) is 2.04. The molecule has 3 nitrogen and oxygen atoms in total. The maximum absolute atomic E-state index is 6.03. The molecule has 0 amide bonds. The zero-order chi connectivity index (χ0) is 13.4. The molecule has 0 bridgehead atoms. The van der Waals surface area contributed by atoms with E-state index >= 15 is 0 Å². The van der Waals surface area contributed by atoms with Gasteiger partial charge in [-0.25, -0.2) is 0 Å². The van der Waals surface area contributed by atoms with E-state index in [1.165, 1.54) is 5.56 Å². The summed E-state index contributed by atoms with van der Waals surface area (Å²) in [5.74, 6) is 0. The third-order valence-electron chi connectivity index (χ3n) is 3.91. The van der Waals surface area contributed by atoms with Crippen LogP contribution in [-0.2, 0) is 15.7 Å². The van der Waals surface area contributed by atoms with Gasteiger partial charge >= 0.3 is 7.12 Å². The third kappa shape index (κ3) is 2.46. The average molecular weight is 247 g/mol. The lowest BCUT2D eigenvalue weighted by molar-refractivity contribution is 0.00578. The quantitative estimate of drug-likeness (QED) is 0.823. The highest BCUT2D eigenvalue weighted by molar-refractivity contribution is 6.62. The SMILES string of the molecule is CC1(C)OB(c2cccc(CCN)c2)OC1(C)C. The van der Waals surface area contributed by atoms with Crippen molar-refractivity contribution in [2.45, 2.75) is 45.3 Å². The summed E-state index contributed by atoms with van der Waals surface area (Å²) in [5, 5.41) is 0. The van der Waals surface area contributed by atoms with Crippen LogP contribution in [-0.4, -0.2) is 24.9 Å². The van der Waals surface area contributed by atoms with E-state index in [1.54, 1.807) is 0 Å². The first-order valence-electron chi connectivity index (χ1n) is 6.50. The van der Waals surface area contributed by atoms with Crippen molar-refractivity contribution in [3.05, 3.63) is 29.8 Å². The second kappa shape index (κ2) is 4.69. The molecule has 0 aliphatic carbocycles. The van der Waals surface area contributed by atoms with Crippen LogP contribution in [0.5, 0.6) is 0 Å². The molecule has 1 heterocycles. The minimum Gasteiger partial charge on any atom is -0.399 e. The summed E-state index contributed by atoms with van der Waals surface area (Å²) >= 11 is 0. The van der Waals surface area contributed by atoms with Crippen molar-refractivity contribution in [2.75, 3.05) is 6.54 Å². The molecule has 0 unspecified atom stereocenters. The van der Waals surface area contributed by atoms with Gasteiger partial charge in [-0.1, -0.05) is 24.3 Å². The predicted molar refractivity (Wildman–Crippen MR) is 74.9 cm³/mol. The van der Waals surface area contributed by atoms with Crippen LogP contribution in [0.15, 0.2) is 24.3 Å². The maximum Gasteiger partial charge on any atom is 0.494 e. The van der Waals surface area contributed by atoms with Gasteiger partial charge in [-0.05, 0) is 51.7 Å². The number of nitrogens with two attached hydrogens (primary N) is 1. The van der Waals surface area contributed by atoms with Gasteiger partial charge in [0.2, 0.25) is 0 Å². The van der Waals surface area contributed by atoms with Gasteiger partial charge in [0.05, 0.1) is 11.2 Å². The predicted octanol–water partition coefficient (Wildman–Crippen LogP) is 1.49. The molecule has 1 aliphatic heterocycles. The van der Waals surface area contributed by atoms with Crippen molar-refractivity contribution in [1.82, 2.24) is 0 Å². The Labute approximate surface area is 110 Å². The molecule has 1 saturated heterocycles. The molecule has 2 rings (SSSR count). The second-order valence-electron chi connectivity index (χ2n) is 5.87. The van der Waals surface area contributed by atoms with Gasteiger partial charge in [0, 0.05) is 0 Å². The van der Waals surface area contributed by atoms with Crippen LogP contribution in [0.2, 0.25) is 0 Å². The van der Waals surface area contributed by atoms with E-state index in [9.17, 15) is 0 Å². The molecule has 4 heteroatoms. The molecule has 1 aromatic carbocycles. The van der Waals surface area contributed by atoms with Crippen LogP contribution in [0.4, 0.5) is 0 Å². The Bertz CT molecular complexity index is 416. The smallest absolute Gasteiger partial charge is 0.399 e. The highest BCUT2D eigenvalue weighted by Crippen LogP contribution is 2.36. The minimum absolute atomic E-state index is 0.285. The highest BCUT2D eigenvalue weighted by Gasteiger charge is 2.51. The normalized spacial score (nSPS) is 21.3. The van der Waals surface area contributed by atoms with Crippen molar-refractivity contribution < 1.29 is 9.31 Å². The van der Waals surface area contributed by atoms with Crippen molar-refractivity contribution in [3.8, 4) is 0 Å². The first-order valence-corrected chi connectivity index (χ1v) is 6.50. The molecule has 0 spiro atoms. The van der Waals surface area contributed by atoms with Gasteiger partial charge in [-0.2, -0.15) is 0 Å². The van der Waals surface area contributed by atoms with Gasteiger partial charge in [0.15, 0.2) is 0 Å². The van der Waals surface area contributed by atoms with Gasteiger partial charge in [-0.15, -0.1) is 0 Å². The van der Waals surface area contributed by atoms with E-state index in [-0.39, 0.29) is 18.3 Å². The van der Waals surface area contributed by atoms with Crippen LogP contribution in [0, 0.1) is 0 Å². The molecule has 18 heavy (non-hydrogen) atoms. The third-order valence-corrected chi connectivity index (χ3v) is 3.91. The van der Waals surface area contributed by atoms with E-state index in [2.05, 4.69) is 39.8 Å². The summed E-state index contributed by atoms with van der Waals surface area (Å²) < 4.78 is 12.1. The van der Waals surface area contributed by atoms with Gasteiger partial charge in [0.25, 0.3) is 0 Å². The van der Waals surface area contributed by atoms with E-state index < -0.39 is 0 Å². The number of rotatable bonds is 3. The van der Waals surface area contributed by atoms with E-state index in [1.807, 2.05) is 12.1 Å². The Balaban J connectivity index is 2.21. The van der Waals surface area contributed by atoms with Crippen LogP contribution in [0.3, 0.4) is 0 Å². The lowest BCUT2D eigenvalue weighted by Gasteiger charge is -2.32. The lowest BCUT2D eigenvalue weighted by Crippen LogP contribution is -2.41. The van der Waals surface area contributed by atoms with Crippen LogP contribution < -0.4 is 11.2 Å². The molecule has 1 fully saturated rings. The number of hydrogen-bond acceptors (Lipinski definition) is 3. The van der Waals surface area contributed by atoms with Crippen molar-refractivity contribution >= 4 is 12.6 Å². The summed E-state index contributed by atoms with van der Waals surface area (Å²) in [6.45, 7) is 8.92. The Hall–Kier alpha value is -0.835. The summed E-state index contributed by atoms with van der Waals surface area (Å²) in [5.41, 5.74) is 7.30. The van der Waals surface area contributed by atoms with E-state index in [4.69, 9.17) is 15.0 Å². The molecule has 0 saturated carbocycles. The van der Waals surface area contributed by atoms with Gasteiger partial charge < -0.3 is 15.0 Å².